The van der Waals surface area contributed by atoms with E-state index in [1.807, 2.05) is 23.9 Å². The number of rotatable bonds is 3. The Morgan fingerprint density at radius 3 is 2.67 bits per heavy atom. The summed E-state index contributed by atoms with van der Waals surface area (Å²) in [6.45, 7) is 7.08. The fourth-order valence-electron chi connectivity index (χ4n) is 2.67. The third-order valence-corrected chi connectivity index (χ3v) is 3.79. The highest BCUT2D eigenvalue weighted by Gasteiger charge is 2.10. The van der Waals surface area contributed by atoms with E-state index in [-0.39, 0.29) is 0 Å². The van der Waals surface area contributed by atoms with Crippen LogP contribution >= 0.6 is 0 Å². The van der Waals surface area contributed by atoms with Crippen LogP contribution in [0, 0.1) is 13.8 Å². The average Bonchev–Trinajstić information content (AvgIpc) is 2.91. The van der Waals surface area contributed by atoms with Crippen molar-refractivity contribution in [2.75, 3.05) is 7.11 Å². The van der Waals surface area contributed by atoms with Crippen molar-refractivity contribution in [3.05, 3.63) is 41.6 Å². The van der Waals surface area contributed by atoms with E-state index in [0.717, 1.165) is 40.1 Å². The summed E-state index contributed by atoms with van der Waals surface area (Å²) >= 11 is 0. The number of aromatic nitrogens is 3. The third-order valence-electron chi connectivity index (χ3n) is 3.79. The van der Waals surface area contributed by atoms with Crippen molar-refractivity contribution >= 4 is 11.0 Å². The lowest BCUT2D eigenvalue weighted by Gasteiger charge is -2.09. The Morgan fingerprint density at radius 2 is 1.95 bits per heavy atom. The van der Waals surface area contributed by atoms with Gasteiger partial charge in [-0.25, -0.2) is 4.98 Å². The van der Waals surface area contributed by atoms with Gasteiger partial charge in [0.25, 0.3) is 0 Å². The number of hydrogen-bond acceptors (Lipinski definition) is 3. The molecule has 0 saturated heterocycles. The van der Waals surface area contributed by atoms with Crippen molar-refractivity contribution in [3.63, 3.8) is 0 Å². The van der Waals surface area contributed by atoms with Crippen LogP contribution in [0.15, 0.2) is 30.5 Å². The lowest BCUT2D eigenvalue weighted by Crippen LogP contribution is -1.98. The van der Waals surface area contributed by atoms with E-state index in [4.69, 9.17) is 9.72 Å². The van der Waals surface area contributed by atoms with Crippen molar-refractivity contribution in [2.24, 2.45) is 0 Å². The first-order valence-corrected chi connectivity index (χ1v) is 7.12. The molecule has 2 aromatic heterocycles. The molecule has 108 valence electrons. The smallest absolute Gasteiger partial charge is 0.122 e. The molecule has 0 fully saturated rings. The van der Waals surface area contributed by atoms with Gasteiger partial charge in [0.15, 0.2) is 0 Å². The molecule has 0 unspecified atom stereocenters. The van der Waals surface area contributed by atoms with E-state index in [0.29, 0.717) is 0 Å². The van der Waals surface area contributed by atoms with Gasteiger partial charge in [-0.15, -0.1) is 0 Å². The van der Waals surface area contributed by atoms with Crippen LogP contribution in [-0.4, -0.2) is 21.9 Å². The minimum absolute atomic E-state index is 0.851. The van der Waals surface area contributed by atoms with Crippen LogP contribution in [0.2, 0.25) is 0 Å². The van der Waals surface area contributed by atoms with E-state index in [1.54, 1.807) is 7.11 Å². The molecule has 2 heterocycles. The Balaban J connectivity index is 2.17. The number of benzene rings is 1. The predicted octanol–water partition coefficient (Wildman–Crippen LogP) is 3.74. The van der Waals surface area contributed by atoms with Gasteiger partial charge in [0, 0.05) is 12.1 Å². The van der Waals surface area contributed by atoms with Crippen LogP contribution in [0.1, 0.15) is 18.1 Å². The summed E-state index contributed by atoms with van der Waals surface area (Å²) in [6.07, 6.45) is 1.83. The minimum atomic E-state index is 0.851. The number of fused-ring (bicyclic) bond motifs is 1. The van der Waals surface area contributed by atoms with Crippen molar-refractivity contribution in [3.8, 4) is 17.0 Å². The fourth-order valence-corrected chi connectivity index (χ4v) is 2.67. The summed E-state index contributed by atoms with van der Waals surface area (Å²) in [6, 6.07) is 8.29. The molecule has 0 bridgehead atoms. The maximum atomic E-state index is 5.40. The highest BCUT2D eigenvalue weighted by molar-refractivity contribution is 5.81. The fraction of sp³-hybridized carbons (Fsp3) is 0.294. The SMILES string of the molecule is CCn1ncc2nc(-c3ccc(C)c(OC)c3)cc(C)c21. The van der Waals surface area contributed by atoms with Crippen molar-refractivity contribution in [1.82, 2.24) is 14.8 Å². The van der Waals surface area contributed by atoms with Gasteiger partial charge >= 0.3 is 0 Å². The topological polar surface area (TPSA) is 39.9 Å². The molecule has 21 heavy (non-hydrogen) atoms. The monoisotopic (exact) mass is 281 g/mol. The number of hydrogen-bond donors (Lipinski definition) is 0. The number of pyridine rings is 1. The third kappa shape index (κ3) is 2.27. The summed E-state index contributed by atoms with van der Waals surface area (Å²) in [5.41, 5.74) is 6.37. The normalized spacial score (nSPS) is 11.0. The zero-order valence-corrected chi connectivity index (χ0v) is 12.8. The molecule has 4 heteroatoms. The maximum absolute atomic E-state index is 5.40. The lowest BCUT2D eigenvalue weighted by atomic mass is 10.1. The molecule has 0 N–H and O–H groups in total. The van der Waals surface area contributed by atoms with E-state index in [2.05, 4.69) is 37.1 Å². The first-order valence-electron chi connectivity index (χ1n) is 7.12. The molecule has 3 aromatic rings. The van der Waals surface area contributed by atoms with E-state index >= 15 is 0 Å². The van der Waals surface area contributed by atoms with Crippen LogP contribution < -0.4 is 4.74 Å². The molecule has 0 aliphatic rings. The van der Waals surface area contributed by atoms with Gasteiger partial charge in [-0.2, -0.15) is 5.10 Å². The van der Waals surface area contributed by atoms with Crippen LogP contribution in [-0.2, 0) is 6.54 Å². The van der Waals surface area contributed by atoms with Crippen molar-refractivity contribution < 1.29 is 4.74 Å². The quantitative estimate of drug-likeness (QED) is 0.734. The van der Waals surface area contributed by atoms with E-state index in [9.17, 15) is 0 Å². The minimum Gasteiger partial charge on any atom is -0.496 e. The zero-order chi connectivity index (χ0) is 15.0. The average molecular weight is 281 g/mol. The van der Waals surface area contributed by atoms with Gasteiger partial charge in [-0.1, -0.05) is 12.1 Å². The summed E-state index contributed by atoms with van der Waals surface area (Å²) in [7, 11) is 1.69. The van der Waals surface area contributed by atoms with E-state index < -0.39 is 0 Å². The molecule has 0 aliphatic heterocycles. The Labute approximate surface area is 124 Å². The number of methoxy groups -OCH3 is 1. The predicted molar refractivity (Wildman–Crippen MR) is 84.7 cm³/mol. The van der Waals surface area contributed by atoms with E-state index in [1.165, 1.54) is 5.56 Å². The molecule has 0 aliphatic carbocycles. The molecule has 0 radical (unpaired) electrons. The molecule has 3 rings (SSSR count). The Bertz CT molecular complexity index is 805. The summed E-state index contributed by atoms with van der Waals surface area (Å²) in [4.78, 5) is 4.74. The number of nitrogens with zero attached hydrogens (tertiary/aromatic N) is 3. The number of ether oxygens (including phenoxy) is 1. The molecule has 0 amide bonds. The van der Waals surface area contributed by atoms with Crippen molar-refractivity contribution in [1.29, 1.82) is 0 Å². The standard InChI is InChI=1S/C17H19N3O/c1-5-20-17-12(3)8-14(19-15(17)10-18-20)13-7-6-11(2)16(9-13)21-4/h6-10H,5H2,1-4H3. The van der Waals surface area contributed by atoms with Gasteiger partial charge in [-0.3, -0.25) is 4.68 Å². The summed E-state index contributed by atoms with van der Waals surface area (Å²) < 4.78 is 7.39. The van der Waals surface area contributed by atoms with Gasteiger partial charge in [0.05, 0.1) is 24.5 Å². The molecule has 0 spiro atoms. The van der Waals surface area contributed by atoms with Crippen LogP contribution in [0.3, 0.4) is 0 Å². The molecule has 0 saturated carbocycles. The van der Waals surface area contributed by atoms with Crippen LogP contribution in [0.5, 0.6) is 5.75 Å². The second kappa shape index (κ2) is 5.20. The van der Waals surface area contributed by atoms with Crippen LogP contribution in [0.4, 0.5) is 0 Å². The first kappa shape index (κ1) is 13.6. The Kier molecular flexibility index (Phi) is 3.37. The first-order chi connectivity index (χ1) is 10.1. The Hall–Kier alpha value is -2.36. The molecule has 0 atom stereocenters. The second-order valence-electron chi connectivity index (χ2n) is 5.20. The molecule has 1 aromatic carbocycles. The van der Waals surface area contributed by atoms with Gasteiger partial charge < -0.3 is 4.74 Å². The molecule has 4 nitrogen and oxygen atoms in total. The Morgan fingerprint density at radius 1 is 1.14 bits per heavy atom. The lowest BCUT2D eigenvalue weighted by molar-refractivity contribution is 0.412. The van der Waals surface area contributed by atoms with Gasteiger partial charge in [0.2, 0.25) is 0 Å². The zero-order valence-electron chi connectivity index (χ0n) is 12.8. The highest BCUT2D eigenvalue weighted by Crippen LogP contribution is 2.28. The maximum Gasteiger partial charge on any atom is 0.122 e. The largest absolute Gasteiger partial charge is 0.496 e. The second-order valence-corrected chi connectivity index (χ2v) is 5.20. The summed E-state index contributed by atoms with van der Waals surface area (Å²) in [5.74, 6) is 0.885. The van der Waals surface area contributed by atoms with Gasteiger partial charge in [-0.05, 0) is 44.0 Å². The molecular formula is C17H19N3O. The van der Waals surface area contributed by atoms with Crippen LogP contribution in [0.25, 0.3) is 22.3 Å². The van der Waals surface area contributed by atoms with Gasteiger partial charge in [0.1, 0.15) is 11.3 Å². The van der Waals surface area contributed by atoms with Crippen molar-refractivity contribution in [2.45, 2.75) is 27.3 Å². The highest BCUT2D eigenvalue weighted by atomic mass is 16.5. The number of aryl methyl sites for hydroxylation is 3. The summed E-state index contributed by atoms with van der Waals surface area (Å²) in [5, 5.41) is 4.39. The molecular weight excluding hydrogens is 262 g/mol.